The molecule has 1 unspecified atom stereocenters. The van der Waals surface area contributed by atoms with E-state index in [1.807, 2.05) is 30.0 Å². The topological polar surface area (TPSA) is 47.3 Å². The van der Waals surface area contributed by atoms with Gasteiger partial charge in [-0.3, -0.25) is 4.79 Å². The zero-order valence-corrected chi connectivity index (χ0v) is 11.2. The Bertz CT molecular complexity index is 458. The number of carbonyl (C=O) groups excluding carboxylic acids is 1. The van der Waals surface area contributed by atoms with Crippen LogP contribution in [0.2, 0.25) is 0 Å². The largest absolute Gasteiger partial charge is 0.368 e. The molecular formula is C15H19N3O. The second-order valence-corrected chi connectivity index (χ2v) is 4.91. The second-order valence-electron chi connectivity index (χ2n) is 4.91. The lowest BCUT2D eigenvalue weighted by molar-refractivity contribution is -0.135. The van der Waals surface area contributed by atoms with Crippen molar-refractivity contribution in [3.8, 4) is 6.07 Å². The summed E-state index contributed by atoms with van der Waals surface area (Å²) < 4.78 is 0. The van der Waals surface area contributed by atoms with Crippen molar-refractivity contribution in [1.82, 2.24) is 4.90 Å². The minimum atomic E-state index is -0.187. The van der Waals surface area contributed by atoms with E-state index in [0.717, 1.165) is 26.2 Å². The van der Waals surface area contributed by atoms with Crippen molar-refractivity contribution in [2.24, 2.45) is 5.92 Å². The number of hydrogen-bond acceptors (Lipinski definition) is 3. The number of para-hydroxylation sites is 1. The number of piperazine rings is 1. The highest BCUT2D eigenvalue weighted by Crippen LogP contribution is 2.17. The summed E-state index contributed by atoms with van der Waals surface area (Å²) >= 11 is 0. The summed E-state index contributed by atoms with van der Waals surface area (Å²) in [5.74, 6) is -0.0810. The van der Waals surface area contributed by atoms with Crippen molar-refractivity contribution in [2.75, 3.05) is 31.1 Å². The summed E-state index contributed by atoms with van der Waals surface area (Å²) in [4.78, 5) is 16.3. The molecule has 0 saturated carbocycles. The third kappa shape index (κ3) is 3.25. The molecular weight excluding hydrogens is 238 g/mol. The molecule has 1 atom stereocenters. The molecule has 0 radical (unpaired) electrons. The third-order valence-electron chi connectivity index (χ3n) is 3.53. The molecule has 0 aliphatic carbocycles. The number of rotatable bonds is 3. The van der Waals surface area contributed by atoms with E-state index in [9.17, 15) is 4.79 Å². The van der Waals surface area contributed by atoms with E-state index in [1.165, 1.54) is 5.69 Å². The second kappa shape index (κ2) is 6.24. The lowest BCUT2D eigenvalue weighted by Crippen LogP contribution is -2.50. The number of benzene rings is 1. The van der Waals surface area contributed by atoms with E-state index >= 15 is 0 Å². The molecule has 0 bridgehead atoms. The summed E-state index contributed by atoms with van der Waals surface area (Å²) in [6.45, 7) is 5.02. The number of amides is 1. The highest BCUT2D eigenvalue weighted by molar-refractivity contribution is 5.79. The van der Waals surface area contributed by atoms with Gasteiger partial charge in [-0.2, -0.15) is 5.26 Å². The number of nitriles is 1. The molecule has 1 aliphatic heterocycles. The Morgan fingerprint density at radius 2 is 1.89 bits per heavy atom. The molecule has 1 heterocycles. The normalized spacial score (nSPS) is 16.8. The Labute approximate surface area is 114 Å². The SMILES string of the molecule is CC(CC#N)C(=O)N1CCN(c2ccccc2)CC1. The molecule has 0 aromatic heterocycles. The summed E-state index contributed by atoms with van der Waals surface area (Å²) in [6, 6.07) is 12.3. The quantitative estimate of drug-likeness (QED) is 0.830. The van der Waals surface area contributed by atoms with Crippen molar-refractivity contribution in [3.05, 3.63) is 30.3 Å². The minimum Gasteiger partial charge on any atom is -0.368 e. The number of nitrogens with zero attached hydrogens (tertiary/aromatic N) is 3. The van der Waals surface area contributed by atoms with E-state index < -0.39 is 0 Å². The first-order valence-electron chi connectivity index (χ1n) is 6.68. The van der Waals surface area contributed by atoms with E-state index in [1.54, 1.807) is 0 Å². The van der Waals surface area contributed by atoms with Crippen molar-refractivity contribution >= 4 is 11.6 Å². The average molecular weight is 257 g/mol. The van der Waals surface area contributed by atoms with Crippen LogP contribution in [-0.4, -0.2) is 37.0 Å². The lowest BCUT2D eigenvalue weighted by Gasteiger charge is -2.37. The fourth-order valence-corrected chi connectivity index (χ4v) is 2.36. The molecule has 19 heavy (non-hydrogen) atoms. The van der Waals surface area contributed by atoms with Crippen LogP contribution in [0.3, 0.4) is 0 Å². The third-order valence-corrected chi connectivity index (χ3v) is 3.53. The predicted molar refractivity (Wildman–Crippen MR) is 74.6 cm³/mol. The monoisotopic (exact) mass is 257 g/mol. The molecule has 100 valence electrons. The van der Waals surface area contributed by atoms with Crippen LogP contribution in [0.15, 0.2) is 30.3 Å². The van der Waals surface area contributed by atoms with Gasteiger partial charge in [0.2, 0.25) is 5.91 Å². The Kier molecular flexibility index (Phi) is 4.40. The fourth-order valence-electron chi connectivity index (χ4n) is 2.36. The Hall–Kier alpha value is -2.02. The van der Waals surface area contributed by atoms with Crippen molar-refractivity contribution in [2.45, 2.75) is 13.3 Å². The van der Waals surface area contributed by atoms with Crippen LogP contribution < -0.4 is 4.90 Å². The zero-order chi connectivity index (χ0) is 13.7. The van der Waals surface area contributed by atoms with Crippen LogP contribution in [0.4, 0.5) is 5.69 Å². The molecule has 1 saturated heterocycles. The number of anilines is 1. The smallest absolute Gasteiger partial charge is 0.226 e. The highest BCUT2D eigenvalue weighted by atomic mass is 16.2. The van der Waals surface area contributed by atoms with Gasteiger partial charge in [-0.1, -0.05) is 25.1 Å². The van der Waals surface area contributed by atoms with Gasteiger partial charge in [-0.15, -0.1) is 0 Å². The summed E-state index contributed by atoms with van der Waals surface area (Å²) in [7, 11) is 0. The van der Waals surface area contributed by atoms with Crippen molar-refractivity contribution < 1.29 is 4.79 Å². The Balaban J connectivity index is 1.89. The predicted octanol–water partition coefficient (Wildman–Crippen LogP) is 1.88. The van der Waals surface area contributed by atoms with Gasteiger partial charge in [0.1, 0.15) is 0 Å². The highest BCUT2D eigenvalue weighted by Gasteiger charge is 2.24. The summed E-state index contributed by atoms with van der Waals surface area (Å²) in [5.41, 5.74) is 1.21. The summed E-state index contributed by atoms with van der Waals surface area (Å²) in [6.07, 6.45) is 0.303. The standard InChI is InChI=1S/C15H19N3O/c1-13(7-8-16)15(19)18-11-9-17(10-12-18)14-5-3-2-4-6-14/h2-6,13H,7,9-12H2,1H3. The summed E-state index contributed by atoms with van der Waals surface area (Å²) in [5, 5.41) is 8.65. The molecule has 1 amide bonds. The van der Waals surface area contributed by atoms with E-state index in [2.05, 4.69) is 23.1 Å². The van der Waals surface area contributed by atoms with Gasteiger partial charge in [-0.25, -0.2) is 0 Å². The van der Waals surface area contributed by atoms with Crippen LogP contribution >= 0.6 is 0 Å². The Morgan fingerprint density at radius 1 is 1.26 bits per heavy atom. The molecule has 1 aromatic rings. The van der Waals surface area contributed by atoms with Gasteiger partial charge in [0, 0.05) is 44.2 Å². The first kappa shape index (κ1) is 13.4. The van der Waals surface area contributed by atoms with Crippen LogP contribution in [0.25, 0.3) is 0 Å². The fraction of sp³-hybridized carbons (Fsp3) is 0.467. The van der Waals surface area contributed by atoms with Crippen molar-refractivity contribution in [1.29, 1.82) is 5.26 Å². The van der Waals surface area contributed by atoms with Gasteiger partial charge in [0.05, 0.1) is 6.07 Å². The average Bonchev–Trinajstić information content (AvgIpc) is 2.48. The molecule has 1 aromatic carbocycles. The van der Waals surface area contributed by atoms with Crippen LogP contribution in [0.1, 0.15) is 13.3 Å². The maximum absolute atomic E-state index is 12.1. The van der Waals surface area contributed by atoms with Crippen LogP contribution in [-0.2, 0) is 4.79 Å². The molecule has 1 aliphatic rings. The first-order valence-corrected chi connectivity index (χ1v) is 6.68. The van der Waals surface area contributed by atoms with E-state index in [-0.39, 0.29) is 11.8 Å². The van der Waals surface area contributed by atoms with E-state index in [0.29, 0.717) is 6.42 Å². The van der Waals surface area contributed by atoms with Gasteiger partial charge in [0.25, 0.3) is 0 Å². The first-order chi connectivity index (χ1) is 9.22. The van der Waals surface area contributed by atoms with E-state index in [4.69, 9.17) is 5.26 Å². The number of hydrogen-bond donors (Lipinski definition) is 0. The van der Waals surface area contributed by atoms with Gasteiger partial charge >= 0.3 is 0 Å². The minimum absolute atomic E-state index is 0.106. The maximum Gasteiger partial charge on any atom is 0.226 e. The molecule has 4 nitrogen and oxygen atoms in total. The number of carbonyl (C=O) groups is 1. The van der Waals surface area contributed by atoms with Gasteiger partial charge in [0.15, 0.2) is 0 Å². The zero-order valence-electron chi connectivity index (χ0n) is 11.2. The van der Waals surface area contributed by atoms with Gasteiger partial charge < -0.3 is 9.80 Å². The van der Waals surface area contributed by atoms with Crippen molar-refractivity contribution in [3.63, 3.8) is 0 Å². The molecule has 1 fully saturated rings. The van der Waals surface area contributed by atoms with Crippen LogP contribution in [0, 0.1) is 17.2 Å². The molecule has 4 heteroatoms. The molecule has 0 spiro atoms. The lowest BCUT2D eigenvalue weighted by atomic mass is 10.1. The maximum atomic E-state index is 12.1. The molecule has 0 N–H and O–H groups in total. The van der Waals surface area contributed by atoms with Gasteiger partial charge in [-0.05, 0) is 12.1 Å². The Morgan fingerprint density at radius 3 is 2.47 bits per heavy atom. The van der Waals surface area contributed by atoms with Crippen LogP contribution in [0.5, 0.6) is 0 Å². The molecule has 2 rings (SSSR count).